The lowest BCUT2D eigenvalue weighted by atomic mass is 9.89. The molecule has 0 amide bonds. The van der Waals surface area contributed by atoms with E-state index in [-0.39, 0.29) is 17.6 Å². The highest BCUT2D eigenvalue weighted by Crippen LogP contribution is 2.44. The van der Waals surface area contributed by atoms with E-state index in [4.69, 9.17) is 0 Å². The Kier molecular flexibility index (Phi) is 2.38. The van der Waals surface area contributed by atoms with Gasteiger partial charge in [-0.1, -0.05) is 13.8 Å². The van der Waals surface area contributed by atoms with Gasteiger partial charge in [-0.2, -0.15) is 0 Å². The van der Waals surface area contributed by atoms with Crippen molar-refractivity contribution in [2.24, 2.45) is 5.41 Å². The van der Waals surface area contributed by atoms with Gasteiger partial charge in [-0.25, -0.2) is 4.98 Å². The maximum absolute atomic E-state index is 10.3. The molecule has 0 aliphatic heterocycles. The lowest BCUT2D eigenvalue weighted by Gasteiger charge is -2.26. The van der Waals surface area contributed by atoms with Gasteiger partial charge in [-0.3, -0.25) is 0 Å². The van der Waals surface area contributed by atoms with Crippen molar-refractivity contribution in [3.05, 3.63) is 17.7 Å². The molecule has 0 radical (unpaired) electrons. The van der Waals surface area contributed by atoms with Crippen molar-refractivity contribution in [3.8, 4) is 0 Å². The van der Waals surface area contributed by atoms with Crippen molar-refractivity contribution in [3.63, 3.8) is 0 Å². The van der Waals surface area contributed by atoms with Gasteiger partial charge < -0.3 is 9.67 Å². The van der Waals surface area contributed by atoms with Gasteiger partial charge in [0.2, 0.25) is 0 Å². The Morgan fingerprint density at radius 1 is 1.47 bits per heavy atom. The van der Waals surface area contributed by atoms with Gasteiger partial charge in [0.15, 0.2) is 0 Å². The topological polar surface area (TPSA) is 38.0 Å². The summed E-state index contributed by atoms with van der Waals surface area (Å²) in [6.07, 6.45) is 3.73. The summed E-state index contributed by atoms with van der Waals surface area (Å²) < 4.78 is 2.13. The molecule has 0 spiro atoms. The van der Waals surface area contributed by atoms with Crippen LogP contribution in [0.3, 0.4) is 0 Å². The molecule has 1 N–H and O–H groups in total. The first-order chi connectivity index (χ1) is 6.93. The van der Waals surface area contributed by atoms with Crippen LogP contribution in [0.15, 0.2) is 6.33 Å². The highest BCUT2D eigenvalue weighted by molar-refractivity contribution is 5.12. The van der Waals surface area contributed by atoms with E-state index in [1.165, 1.54) is 5.69 Å². The first-order valence-electron chi connectivity index (χ1n) is 5.61. The predicted octanol–water partition coefficient (Wildman–Crippen LogP) is 2.22. The van der Waals surface area contributed by atoms with Crippen LogP contribution >= 0.6 is 0 Å². The summed E-state index contributed by atoms with van der Waals surface area (Å²) in [6, 6.07) is 0.209. The van der Waals surface area contributed by atoms with E-state index in [0.717, 1.165) is 18.5 Å². The van der Waals surface area contributed by atoms with Crippen molar-refractivity contribution >= 4 is 0 Å². The molecule has 2 unspecified atom stereocenters. The van der Waals surface area contributed by atoms with Gasteiger partial charge in [-0.05, 0) is 32.1 Å². The molecule has 3 nitrogen and oxygen atoms in total. The Balaban J connectivity index is 2.30. The van der Waals surface area contributed by atoms with Gasteiger partial charge in [0.25, 0.3) is 0 Å². The number of hydrogen-bond donors (Lipinski definition) is 1. The minimum absolute atomic E-state index is 0.0370. The fourth-order valence-corrected chi connectivity index (χ4v) is 2.49. The molecule has 1 aliphatic carbocycles. The van der Waals surface area contributed by atoms with Crippen LogP contribution < -0.4 is 0 Å². The van der Waals surface area contributed by atoms with E-state index in [0.29, 0.717) is 0 Å². The number of imidazole rings is 1. The molecular weight excluding hydrogens is 188 g/mol. The molecule has 3 heteroatoms. The highest BCUT2D eigenvalue weighted by Gasteiger charge is 2.41. The number of hydrogen-bond acceptors (Lipinski definition) is 2. The number of rotatable bonds is 1. The fraction of sp³-hybridized carbons (Fsp3) is 0.750. The van der Waals surface area contributed by atoms with Crippen LogP contribution in [-0.4, -0.2) is 20.8 Å². The Morgan fingerprint density at radius 2 is 2.13 bits per heavy atom. The highest BCUT2D eigenvalue weighted by atomic mass is 16.3. The first-order valence-corrected chi connectivity index (χ1v) is 5.61. The average molecular weight is 208 g/mol. The van der Waals surface area contributed by atoms with Crippen LogP contribution in [0.5, 0.6) is 0 Å². The van der Waals surface area contributed by atoms with Crippen molar-refractivity contribution in [1.82, 2.24) is 9.55 Å². The molecule has 2 atom stereocenters. The molecule has 0 saturated heterocycles. The summed E-state index contributed by atoms with van der Waals surface area (Å²) in [5.74, 6) is 0. The molecule has 1 saturated carbocycles. The fourth-order valence-electron chi connectivity index (χ4n) is 2.49. The summed E-state index contributed by atoms with van der Waals surface area (Å²) in [4.78, 5) is 4.29. The summed E-state index contributed by atoms with van der Waals surface area (Å²) in [5.41, 5.74) is 2.28. The molecule has 1 aliphatic rings. The molecule has 0 bridgehead atoms. The SMILES string of the molecule is Cc1ncn(C2CCC(C)(C)C2O)c1C. The molecule has 1 heterocycles. The van der Waals surface area contributed by atoms with E-state index in [2.05, 4.69) is 30.3 Å². The summed E-state index contributed by atoms with van der Waals surface area (Å²) in [7, 11) is 0. The van der Waals surface area contributed by atoms with E-state index in [1.807, 2.05) is 13.3 Å². The van der Waals surface area contributed by atoms with E-state index in [1.54, 1.807) is 0 Å². The lowest BCUT2D eigenvalue weighted by molar-refractivity contribution is 0.0492. The van der Waals surface area contributed by atoms with E-state index in [9.17, 15) is 5.11 Å². The third kappa shape index (κ3) is 1.59. The van der Waals surface area contributed by atoms with Crippen LogP contribution in [0.1, 0.15) is 44.1 Å². The summed E-state index contributed by atoms with van der Waals surface area (Å²) >= 11 is 0. The Hall–Kier alpha value is -0.830. The van der Waals surface area contributed by atoms with Crippen molar-refractivity contribution < 1.29 is 5.11 Å². The average Bonchev–Trinajstić information content (AvgIpc) is 2.60. The Labute approximate surface area is 91.1 Å². The normalized spacial score (nSPS) is 29.7. The maximum atomic E-state index is 10.3. The molecular formula is C12H20N2O. The van der Waals surface area contributed by atoms with Gasteiger partial charge in [0.1, 0.15) is 0 Å². The van der Waals surface area contributed by atoms with Gasteiger partial charge in [-0.15, -0.1) is 0 Å². The van der Waals surface area contributed by atoms with E-state index < -0.39 is 0 Å². The van der Waals surface area contributed by atoms with Crippen LogP contribution in [0.25, 0.3) is 0 Å². The summed E-state index contributed by atoms with van der Waals surface area (Å²) in [5, 5.41) is 10.3. The van der Waals surface area contributed by atoms with E-state index >= 15 is 0 Å². The van der Waals surface area contributed by atoms with Gasteiger partial charge in [0, 0.05) is 5.69 Å². The molecule has 1 aromatic heterocycles. The number of aromatic nitrogens is 2. The minimum atomic E-state index is -0.259. The second-order valence-corrected chi connectivity index (χ2v) is 5.36. The predicted molar refractivity (Wildman–Crippen MR) is 59.8 cm³/mol. The Morgan fingerprint density at radius 3 is 2.53 bits per heavy atom. The zero-order chi connectivity index (χ0) is 11.2. The largest absolute Gasteiger partial charge is 0.390 e. The molecule has 0 aromatic carbocycles. The third-order valence-corrected chi connectivity index (χ3v) is 3.89. The Bertz CT molecular complexity index is 368. The zero-order valence-corrected chi connectivity index (χ0v) is 9.99. The lowest BCUT2D eigenvalue weighted by Crippen LogP contribution is -2.29. The standard InChI is InChI=1S/C12H20N2O/c1-8-9(2)14(7-13-8)10-5-6-12(3,4)11(10)15/h7,10-11,15H,5-6H2,1-4H3. The second kappa shape index (κ2) is 3.34. The minimum Gasteiger partial charge on any atom is -0.390 e. The molecule has 1 fully saturated rings. The van der Waals surface area contributed by atoms with Crippen LogP contribution in [0.2, 0.25) is 0 Å². The zero-order valence-electron chi connectivity index (χ0n) is 9.99. The number of nitrogens with zero attached hydrogens (tertiary/aromatic N) is 2. The van der Waals surface area contributed by atoms with Crippen LogP contribution in [0, 0.1) is 19.3 Å². The first kappa shape index (κ1) is 10.7. The van der Waals surface area contributed by atoms with Crippen LogP contribution in [0.4, 0.5) is 0 Å². The second-order valence-electron chi connectivity index (χ2n) is 5.36. The molecule has 84 valence electrons. The quantitative estimate of drug-likeness (QED) is 0.768. The van der Waals surface area contributed by atoms with Gasteiger partial charge >= 0.3 is 0 Å². The summed E-state index contributed by atoms with van der Waals surface area (Å²) in [6.45, 7) is 8.35. The molecule has 15 heavy (non-hydrogen) atoms. The molecule has 2 rings (SSSR count). The van der Waals surface area contributed by atoms with Gasteiger partial charge in [0.05, 0.1) is 24.2 Å². The van der Waals surface area contributed by atoms with Crippen molar-refractivity contribution in [2.75, 3.05) is 0 Å². The van der Waals surface area contributed by atoms with Crippen LogP contribution in [-0.2, 0) is 0 Å². The van der Waals surface area contributed by atoms with Crippen molar-refractivity contribution in [1.29, 1.82) is 0 Å². The number of aryl methyl sites for hydroxylation is 1. The monoisotopic (exact) mass is 208 g/mol. The smallest absolute Gasteiger partial charge is 0.0954 e. The maximum Gasteiger partial charge on any atom is 0.0954 e. The number of aliphatic hydroxyl groups excluding tert-OH is 1. The third-order valence-electron chi connectivity index (χ3n) is 3.89. The van der Waals surface area contributed by atoms with Crippen molar-refractivity contribution in [2.45, 2.75) is 52.7 Å². The number of aliphatic hydroxyl groups is 1. The molecule has 1 aromatic rings.